The monoisotopic (exact) mass is 279 g/mol. The number of hydrogen-bond donors (Lipinski definition) is 0. The Balaban J connectivity index is 2.36. The number of pyridine rings is 1. The maximum absolute atomic E-state index is 9.72. The van der Waals surface area contributed by atoms with Gasteiger partial charge in [-0.25, -0.2) is 4.98 Å². The molecule has 0 spiro atoms. The lowest BCUT2D eigenvalue weighted by atomic mass is 9.80. The molecule has 2 aromatic rings. The second-order valence-electron chi connectivity index (χ2n) is 6.95. The molecule has 3 heteroatoms. The Bertz CT molecular complexity index is 747. The van der Waals surface area contributed by atoms with Gasteiger partial charge in [0.1, 0.15) is 5.82 Å². The molecule has 2 aromatic heterocycles. The summed E-state index contributed by atoms with van der Waals surface area (Å²) in [5.74, 6) is 0.929. The molecule has 1 unspecified atom stereocenters. The van der Waals surface area contributed by atoms with Gasteiger partial charge < -0.3 is 4.57 Å². The Kier molecular flexibility index (Phi) is 2.78. The van der Waals surface area contributed by atoms with Crippen molar-refractivity contribution < 1.29 is 0 Å². The summed E-state index contributed by atoms with van der Waals surface area (Å²) < 4.78 is 2.20. The van der Waals surface area contributed by atoms with Gasteiger partial charge in [0, 0.05) is 17.6 Å². The van der Waals surface area contributed by atoms with Crippen molar-refractivity contribution in [1.29, 1.82) is 5.26 Å². The molecule has 21 heavy (non-hydrogen) atoms. The van der Waals surface area contributed by atoms with E-state index in [-0.39, 0.29) is 5.41 Å². The fraction of sp³-hybridized carbons (Fsp3) is 0.444. The fourth-order valence-corrected chi connectivity index (χ4v) is 4.33. The quantitative estimate of drug-likeness (QED) is 0.793. The molecule has 0 fully saturated rings. The van der Waals surface area contributed by atoms with E-state index in [0.717, 1.165) is 17.9 Å². The highest BCUT2D eigenvalue weighted by Gasteiger charge is 2.49. The van der Waals surface area contributed by atoms with Crippen LogP contribution in [0.3, 0.4) is 0 Å². The van der Waals surface area contributed by atoms with Gasteiger partial charge in [0.25, 0.3) is 0 Å². The minimum Gasteiger partial charge on any atom is -0.303 e. The molecule has 0 N–H and O–H groups in total. The summed E-state index contributed by atoms with van der Waals surface area (Å²) in [5.41, 5.74) is 4.51. The zero-order chi connectivity index (χ0) is 15.4. The molecule has 1 aliphatic rings. The Morgan fingerprint density at radius 1 is 1.14 bits per heavy atom. The van der Waals surface area contributed by atoms with Crippen molar-refractivity contribution in [2.45, 2.75) is 51.9 Å². The highest BCUT2D eigenvalue weighted by molar-refractivity contribution is 5.57. The van der Waals surface area contributed by atoms with Gasteiger partial charge in [0.05, 0.1) is 11.5 Å². The van der Waals surface area contributed by atoms with Crippen LogP contribution in [-0.4, -0.2) is 9.55 Å². The van der Waals surface area contributed by atoms with E-state index in [1.54, 1.807) is 0 Å². The summed E-state index contributed by atoms with van der Waals surface area (Å²) in [7, 11) is 0. The molecular formula is C18H21N3. The number of hydrogen-bond acceptors (Lipinski definition) is 2. The van der Waals surface area contributed by atoms with Crippen LogP contribution < -0.4 is 0 Å². The van der Waals surface area contributed by atoms with Crippen LogP contribution in [0.1, 0.15) is 49.7 Å². The van der Waals surface area contributed by atoms with Gasteiger partial charge in [-0.3, -0.25) is 0 Å². The minimum atomic E-state index is -0.409. The molecule has 0 radical (unpaired) electrons. The highest BCUT2D eigenvalue weighted by Crippen LogP contribution is 2.53. The van der Waals surface area contributed by atoms with Crippen LogP contribution in [0, 0.1) is 25.2 Å². The van der Waals surface area contributed by atoms with Crippen molar-refractivity contribution in [1.82, 2.24) is 9.55 Å². The average Bonchev–Trinajstić information content (AvgIpc) is 2.83. The van der Waals surface area contributed by atoms with E-state index in [1.165, 1.54) is 16.8 Å². The summed E-state index contributed by atoms with van der Waals surface area (Å²) in [5, 5.41) is 9.72. The normalized spacial score (nSPS) is 22.9. The average molecular weight is 279 g/mol. The van der Waals surface area contributed by atoms with Gasteiger partial charge in [-0.2, -0.15) is 5.26 Å². The molecular weight excluding hydrogens is 258 g/mol. The predicted octanol–water partition coefficient (Wildman–Crippen LogP) is 3.95. The second kappa shape index (κ2) is 4.21. The van der Waals surface area contributed by atoms with Gasteiger partial charge in [0.15, 0.2) is 0 Å². The third-order valence-corrected chi connectivity index (χ3v) is 4.79. The molecule has 0 bridgehead atoms. The first-order valence-electron chi connectivity index (χ1n) is 7.37. The van der Waals surface area contributed by atoms with Crippen molar-refractivity contribution in [3.8, 4) is 11.9 Å². The fourth-order valence-electron chi connectivity index (χ4n) is 4.33. The molecule has 0 amide bonds. The smallest absolute Gasteiger partial charge is 0.136 e. The number of rotatable bonds is 1. The molecule has 0 saturated carbocycles. The number of aromatic nitrogens is 2. The van der Waals surface area contributed by atoms with Crippen LogP contribution in [0.2, 0.25) is 0 Å². The van der Waals surface area contributed by atoms with Gasteiger partial charge in [-0.15, -0.1) is 0 Å². The van der Waals surface area contributed by atoms with E-state index in [2.05, 4.69) is 50.2 Å². The van der Waals surface area contributed by atoms with Crippen molar-refractivity contribution in [3.05, 3.63) is 46.9 Å². The van der Waals surface area contributed by atoms with Crippen LogP contribution in [-0.2, 0) is 10.8 Å². The van der Waals surface area contributed by atoms with Gasteiger partial charge >= 0.3 is 0 Å². The Morgan fingerprint density at radius 2 is 1.81 bits per heavy atom. The van der Waals surface area contributed by atoms with E-state index < -0.39 is 5.41 Å². The lowest BCUT2D eigenvalue weighted by Crippen LogP contribution is -2.22. The van der Waals surface area contributed by atoms with Crippen LogP contribution in [0.25, 0.3) is 5.82 Å². The Hall–Kier alpha value is -2.08. The Labute approximate surface area is 126 Å². The maximum atomic E-state index is 9.72. The standard InChI is InChI=1S/C18H21N3/c1-12-15-16(18(5,11-19)10-17(15,3)4)13(2)21(12)14-8-6-7-9-20-14/h6-9H,10H2,1-5H3. The van der Waals surface area contributed by atoms with Crippen molar-refractivity contribution in [2.24, 2.45) is 0 Å². The van der Waals surface area contributed by atoms with Crippen molar-refractivity contribution in [3.63, 3.8) is 0 Å². The lowest BCUT2D eigenvalue weighted by molar-refractivity contribution is 0.434. The van der Waals surface area contributed by atoms with Crippen LogP contribution in [0.5, 0.6) is 0 Å². The third kappa shape index (κ3) is 1.75. The van der Waals surface area contributed by atoms with E-state index in [4.69, 9.17) is 0 Å². The van der Waals surface area contributed by atoms with E-state index in [1.807, 2.05) is 24.4 Å². The first kappa shape index (κ1) is 13.9. The zero-order valence-corrected chi connectivity index (χ0v) is 13.4. The Morgan fingerprint density at radius 3 is 2.38 bits per heavy atom. The van der Waals surface area contributed by atoms with Gasteiger partial charge in [-0.1, -0.05) is 19.9 Å². The topological polar surface area (TPSA) is 41.6 Å². The molecule has 3 rings (SSSR count). The molecule has 0 saturated heterocycles. The van der Waals surface area contributed by atoms with Crippen molar-refractivity contribution >= 4 is 0 Å². The van der Waals surface area contributed by atoms with Crippen LogP contribution in [0.15, 0.2) is 24.4 Å². The van der Waals surface area contributed by atoms with Crippen LogP contribution >= 0.6 is 0 Å². The number of nitriles is 1. The summed E-state index contributed by atoms with van der Waals surface area (Å²) in [6, 6.07) is 8.50. The third-order valence-electron chi connectivity index (χ3n) is 4.79. The second-order valence-corrected chi connectivity index (χ2v) is 6.95. The molecule has 2 heterocycles. The predicted molar refractivity (Wildman–Crippen MR) is 83.6 cm³/mol. The summed E-state index contributed by atoms with van der Waals surface area (Å²) in [6.45, 7) is 10.8. The number of nitrogens with zero attached hydrogens (tertiary/aromatic N) is 3. The van der Waals surface area contributed by atoms with Crippen LogP contribution in [0.4, 0.5) is 0 Å². The lowest BCUT2D eigenvalue weighted by Gasteiger charge is -2.24. The molecule has 0 aromatic carbocycles. The first-order chi connectivity index (χ1) is 9.82. The van der Waals surface area contributed by atoms with Gasteiger partial charge in [-0.05, 0) is 55.9 Å². The SMILES string of the molecule is Cc1c2c(c(C)n1-c1ccccn1)C(C)(C#N)CC2(C)C. The van der Waals surface area contributed by atoms with Crippen molar-refractivity contribution in [2.75, 3.05) is 0 Å². The number of fused-ring (bicyclic) bond motifs is 1. The molecule has 1 atom stereocenters. The van der Waals surface area contributed by atoms with E-state index >= 15 is 0 Å². The zero-order valence-electron chi connectivity index (χ0n) is 13.4. The highest BCUT2D eigenvalue weighted by atomic mass is 15.1. The molecule has 1 aliphatic carbocycles. The summed E-state index contributed by atoms with van der Waals surface area (Å²) in [6.07, 6.45) is 2.69. The molecule has 3 nitrogen and oxygen atoms in total. The van der Waals surface area contributed by atoms with Gasteiger partial charge in [0.2, 0.25) is 0 Å². The summed E-state index contributed by atoms with van der Waals surface area (Å²) >= 11 is 0. The largest absolute Gasteiger partial charge is 0.303 e. The molecule has 108 valence electrons. The summed E-state index contributed by atoms with van der Waals surface area (Å²) in [4.78, 5) is 4.48. The maximum Gasteiger partial charge on any atom is 0.136 e. The minimum absolute atomic E-state index is 0.0225. The molecule has 0 aliphatic heterocycles. The first-order valence-corrected chi connectivity index (χ1v) is 7.37. The van der Waals surface area contributed by atoms with E-state index in [9.17, 15) is 5.26 Å². The van der Waals surface area contributed by atoms with E-state index in [0.29, 0.717) is 0 Å².